The van der Waals surface area contributed by atoms with Gasteiger partial charge in [-0.25, -0.2) is 8.42 Å². The molecule has 0 aliphatic rings. The minimum Gasteiger partial charge on any atom is -0.497 e. The fourth-order valence-electron chi connectivity index (χ4n) is 4.92. The lowest BCUT2D eigenvalue weighted by atomic mass is 10.00. The maximum atomic E-state index is 13.8. The number of benzene rings is 3. The van der Waals surface area contributed by atoms with E-state index in [1.807, 2.05) is 67.6 Å². The summed E-state index contributed by atoms with van der Waals surface area (Å²) in [5.41, 5.74) is 2.82. The van der Waals surface area contributed by atoms with Gasteiger partial charge in [0.05, 0.1) is 42.9 Å². The van der Waals surface area contributed by atoms with Gasteiger partial charge in [0.1, 0.15) is 5.75 Å². The second-order valence-corrected chi connectivity index (χ2v) is 13.3. The van der Waals surface area contributed by atoms with Gasteiger partial charge in [-0.2, -0.15) is 0 Å². The normalized spacial score (nSPS) is 13.2. The molecule has 12 heteroatoms. The molecule has 3 aromatic carbocycles. The molecule has 0 spiro atoms. The third kappa shape index (κ3) is 10.1. The molecule has 1 heterocycles. The zero-order valence-corrected chi connectivity index (χ0v) is 27.7. The number of hydrogen-bond donors (Lipinski definition) is 4. The fourth-order valence-corrected chi connectivity index (χ4v) is 5.41. The van der Waals surface area contributed by atoms with Crippen molar-refractivity contribution < 1.29 is 27.9 Å². The average Bonchev–Trinajstić information content (AvgIpc) is 3.07. The summed E-state index contributed by atoms with van der Waals surface area (Å²) in [4.78, 5) is 31.5. The molecule has 1 aromatic heterocycles. The Hall–Kier alpha value is -4.78. The number of aromatic nitrogens is 1. The second-order valence-electron chi connectivity index (χ2n) is 11.3. The number of carbonyl (C=O) groups is 2. The molecule has 3 atom stereocenters. The number of nitrogens with one attached hydrogen (secondary N) is 3. The Kier molecular flexibility index (Phi) is 12.1. The van der Waals surface area contributed by atoms with Gasteiger partial charge in [0.2, 0.25) is 10.0 Å². The van der Waals surface area contributed by atoms with Crippen molar-refractivity contribution in [3.8, 4) is 5.75 Å². The second kappa shape index (κ2) is 16.2. The van der Waals surface area contributed by atoms with Crippen LogP contribution in [-0.4, -0.2) is 69.4 Å². The van der Waals surface area contributed by atoms with Crippen LogP contribution in [0.5, 0.6) is 5.75 Å². The maximum absolute atomic E-state index is 13.8. The number of sulfonamides is 1. The summed E-state index contributed by atoms with van der Waals surface area (Å²) in [6.07, 6.45) is 1.98. The van der Waals surface area contributed by atoms with Crippen LogP contribution in [0.1, 0.15) is 50.5 Å². The van der Waals surface area contributed by atoms with Crippen molar-refractivity contribution in [2.75, 3.05) is 31.3 Å². The molecular formula is C35H41N5O6S. The molecule has 4 N–H and O–H groups in total. The van der Waals surface area contributed by atoms with Crippen molar-refractivity contribution in [1.82, 2.24) is 20.9 Å². The lowest BCUT2D eigenvalue weighted by Gasteiger charge is -2.25. The van der Waals surface area contributed by atoms with E-state index < -0.39 is 34.0 Å². The van der Waals surface area contributed by atoms with Gasteiger partial charge in [-0.05, 0) is 48.7 Å². The minimum absolute atomic E-state index is 0.0642. The number of hydrogen-bond acceptors (Lipinski definition) is 8. The van der Waals surface area contributed by atoms with Crippen molar-refractivity contribution in [2.45, 2.75) is 38.1 Å². The molecule has 0 radical (unpaired) electrons. The zero-order chi connectivity index (χ0) is 34.0. The molecule has 0 saturated heterocycles. The van der Waals surface area contributed by atoms with E-state index in [4.69, 9.17) is 4.74 Å². The van der Waals surface area contributed by atoms with Gasteiger partial charge in [0.25, 0.3) is 11.8 Å². The number of amides is 2. The molecule has 2 amide bonds. The van der Waals surface area contributed by atoms with Crippen LogP contribution in [0.2, 0.25) is 0 Å². The van der Waals surface area contributed by atoms with Crippen molar-refractivity contribution in [3.05, 3.63) is 125 Å². The topological polar surface area (TPSA) is 150 Å². The Balaban J connectivity index is 1.58. The van der Waals surface area contributed by atoms with Gasteiger partial charge in [-0.3, -0.25) is 18.9 Å². The quantitative estimate of drug-likeness (QED) is 0.152. The molecule has 47 heavy (non-hydrogen) atoms. The lowest BCUT2D eigenvalue weighted by molar-refractivity contribution is 0.0829. The van der Waals surface area contributed by atoms with Gasteiger partial charge in [0, 0.05) is 43.5 Å². The van der Waals surface area contributed by atoms with E-state index >= 15 is 0 Å². The lowest BCUT2D eigenvalue weighted by Crippen LogP contribution is -2.48. The molecule has 4 aromatic rings. The first-order chi connectivity index (χ1) is 22.4. The maximum Gasteiger partial charge on any atom is 0.251 e. The van der Waals surface area contributed by atoms with Crippen LogP contribution >= 0.6 is 0 Å². The van der Waals surface area contributed by atoms with Crippen molar-refractivity contribution in [3.63, 3.8) is 0 Å². The summed E-state index contributed by atoms with van der Waals surface area (Å²) in [5, 5.41) is 20.3. The highest BCUT2D eigenvalue weighted by Gasteiger charge is 2.25. The monoisotopic (exact) mass is 659 g/mol. The van der Waals surface area contributed by atoms with E-state index in [0.717, 1.165) is 27.4 Å². The predicted molar refractivity (Wildman–Crippen MR) is 182 cm³/mol. The standard InChI is InChI=1S/C35H41N5O6S/c1-24(26-13-9-6-10-14-26)38-34(42)27-18-28(20-30(19-27)40(2)47(4,44)45)35(43)39-32(17-25-11-7-5-8-12-25)33(41)23-36-22-29-21-31(46-3)15-16-37-29/h5-16,18-21,24,32-33,36,41H,17,22-23H2,1-4H3,(H,38,42)(H,39,43)/t24-,32+,33-/m1/s1. The van der Waals surface area contributed by atoms with Crippen LogP contribution < -0.4 is 25.0 Å². The largest absolute Gasteiger partial charge is 0.497 e. The van der Waals surface area contributed by atoms with E-state index in [0.29, 0.717) is 18.7 Å². The van der Waals surface area contributed by atoms with Crippen LogP contribution in [0.25, 0.3) is 0 Å². The molecule has 0 aliphatic heterocycles. The Morgan fingerprint density at radius 1 is 0.915 bits per heavy atom. The Labute approximate surface area is 276 Å². The molecule has 0 aliphatic carbocycles. The Morgan fingerprint density at radius 2 is 1.53 bits per heavy atom. The summed E-state index contributed by atoms with van der Waals surface area (Å²) in [5.74, 6) is -0.387. The van der Waals surface area contributed by atoms with Crippen molar-refractivity contribution in [2.24, 2.45) is 0 Å². The van der Waals surface area contributed by atoms with Gasteiger partial charge in [-0.1, -0.05) is 60.7 Å². The fraction of sp³-hybridized carbons (Fsp3) is 0.286. The van der Waals surface area contributed by atoms with Crippen molar-refractivity contribution >= 4 is 27.5 Å². The third-order valence-electron chi connectivity index (χ3n) is 7.71. The summed E-state index contributed by atoms with van der Waals surface area (Å²) in [6.45, 7) is 2.33. The van der Waals surface area contributed by atoms with E-state index in [1.54, 1.807) is 25.4 Å². The molecule has 0 saturated carbocycles. The zero-order valence-electron chi connectivity index (χ0n) is 26.9. The number of rotatable bonds is 15. The highest BCUT2D eigenvalue weighted by molar-refractivity contribution is 7.92. The molecule has 11 nitrogen and oxygen atoms in total. The summed E-state index contributed by atoms with van der Waals surface area (Å²) >= 11 is 0. The molecular weight excluding hydrogens is 618 g/mol. The summed E-state index contributed by atoms with van der Waals surface area (Å²) in [6, 6.07) is 25.5. The first-order valence-corrected chi connectivity index (χ1v) is 17.0. The Morgan fingerprint density at radius 3 is 2.15 bits per heavy atom. The number of anilines is 1. The Bertz CT molecular complexity index is 1760. The van der Waals surface area contributed by atoms with Crippen LogP contribution in [0.4, 0.5) is 5.69 Å². The minimum atomic E-state index is -3.71. The van der Waals surface area contributed by atoms with Crippen LogP contribution in [-0.2, 0) is 23.0 Å². The van der Waals surface area contributed by atoms with Gasteiger partial charge in [-0.15, -0.1) is 0 Å². The van der Waals surface area contributed by atoms with Crippen LogP contribution in [0.15, 0.2) is 97.2 Å². The third-order valence-corrected chi connectivity index (χ3v) is 8.92. The molecule has 0 bridgehead atoms. The molecule has 248 valence electrons. The average molecular weight is 660 g/mol. The number of carbonyl (C=O) groups excluding carboxylic acids is 2. The molecule has 4 rings (SSSR count). The highest BCUT2D eigenvalue weighted by Crippen LogP contribution is 2.22. The van der Waals surface area contributed by atoms with Gasteiger partial charge in [0.15, 0.2) is 0 Å². The number of aliphatic hydroxyl groups excluding tert-OH is 1. The first kappa shape index (κ1) is 35.1. The van der Waals surface area contributed by atoms with Gasteiger partial charge >= 0.3 is 0 Å². The van der Waals surface area contributed by atoms with Crippen molar-refractivity contribution in [1.29, 1.82) is 0 Å². The highest BCUT2D eigenvalue weighted by atomic mass is 32.2. The number of nitrogens with zero attached hydrogens (tertiary/aromatic N) is 2. The summed E-state index contributed by atoms with van der Waals surface area (Å²) < 4.78 is 31.1. The molecule has 0 fully saturated rings. The number of ether oxygens (including phenoxy) is 1. The van der Waals surface area contributed by atoms with E-state index in [-0.39, 0.29) is 29.4 Å². The van der Waals surface area contributed by atoms with E-state index in [1.165, 1.54) is 25.2 Å². The van der Waals surface area contributed by atoms with E-state index in [9.17, 15) is 23.1 Å². The van der Waals surface area contributed by atoms with E-state index in [2.05, 4.69) is 20.9 Å². The van der Waals surface area contributed by atoms with Gasteiger partial charge < -0.3 is 25.8 Å². The predicted octanol–water partition coefficient (Wildman–Crippen LogP) is 3.47. The number of aliphatic hydroxyl groups is 1. The molecule has 0 unspecified atom stereocenters. The number of pyridine rings is 1. The SMILES string of the molecule is COc1ccnc(CNC[C@@H](O)[C@H](Cc2ccccc2)NC(=O)c2cc(C(=O)N[C@H](C)c3ccccc3)cc(N(C)S(C)(=O)=O)c2)c1. The number of methoxy groups -OCH3 is 1. The van der Waals surface area contributed by atoms with Crippen LogP contribution in [0.3, 0.4) is 0 Å². The first-order valence-electron chi connectivity index (χ1n) is 15.1. The smallest absolute Gasteiger partial charge is 0.251 e. The summed E-state index contributed by atoms with van der Waals surface area (Å²) in [7, 11) is -0.788. The van der Waals surface area contributed by atoms with Crippen LogP contribution in [0, 0.1) is 0 Å².